The number of para-hydroxylation sites is 1. The molecule has 140 valence electrons. The Kier molecular flexibility index (Phi) is 7.50. The number of sulfonamides is 1. The van der Waals surface area contributed by atoms with Crippen LogP contribution in [0.15, 0.2) is 64.4 Å². The van der Waals surface area contributed by atoms with Crippen molar-refractivity contribution in [2.45, 2.75) is 9.79 Å². The lowest BCUT2D eigenvalue weighted by Gasteiger charge is -2.19. The maximum Gasteiger partial charge on any atom is 0.264 e. The molecule has 0 heterocycles. The van der Waals surface area contributed by atoms with Gasteiger partial charge in [0.2, 0.25) is 5.91 Å². The summed E-state index contributed by atoms with van der Waals surface area (Å²) in [5.41, 5.74) is 0.596. The summed E-state index contributed by atoms with van der Waals surface area (Å²) in [5.74, 6) is 0.173. The highest BCUT2D eigenvalue weighted by atomic mass is 32.2. The highest BCUT2D eigenvalue weighted by Gasteiger charge is 2.21. The van der Waals surface area contributed by atoms with Gasteiger partial charge in [-0.05, 0) is 36.4 Å². The fourth-order valence-corrected chi connectivity index (χ4v) is 4.06. The summed E-state index contributed by atoms with van der Waals surface area (Å²) in [7, 11) is -0.524. The summed E-state index contributed by atoms with van der Waals surface area (Å²) < 4.78 is 31.5. The van der Waals surface area contributed by atoms with Gasteiger partial charge in [0.05, 0.1) is 22.9 Å². The molecule has 0 bridgehead atoms. The molecule has 0 fully saturated rings. The molecule has 0 atom stereocenters. The molecule has 1 N–H and O–H groups in total. The molecule has 2 aromatic rings. The van der Waals surface area contributed by atoms with Crippen molar-refractivity contribution in [3.05, 3.63) is 54.6 Å². The van der Waals surface area contributed by atoms with Crippen molar-refractivity contribution in [1.82, 2.24) is 5.32 Å². The Morgan fingerprint density at radius 3 is 2.38 bits per heavy atom. The van der Waals surface area contributed by atoms with Crippen LogP contribution in [-0.4, -0.2) is 47.4 Å². The van der Waals surface area contributed by atoms with Crippen LogP contribution in [0.1, 0.15) is 0 Å². The Bertz CT molecular complexity index is 809. The van der Waals surface area contributed by atoms with Crippen LogP contribution in [0.4, 0.5) is 5.69 Å². The SMILES string of the molecule is COCCNC(=O)CSc1ccc(S(=O)(=O)N(C)c2ccccc2)cc1. The zero-order chi connectivity index (χ0) is 19.0. The Morgan fingerprint density at radius 2 is 1.77 bits per heavy atom. The predicted octanol–water partition coefficient (Wildman–Crippen LogP) is 2.37. The second-order valence-electron chi connectivity index (χ2n) is 5.41. The highest BCUT2D eigenvalue weighted by molar-refractivity contribution is 8.00. The van der Waals surface area contributed by atoms with E-state index in [1.54, 1.807) is 55.6 Å². The van der Waals surface area contributed by atoms with Gasteiger partial charge in [-0.25, -0.2) is 8.42 Å². The lowest BCUT2D eigenvalue weighted by molar-refractivity contribution is -0.118. The van der Waals surface area contributed by atoms with E-state index < -0.39 is 10.0 Å². The second-order valence-corrected chi connectivity index (χ2v) is 8.43. The third-order valence-electron chi connectivity index (χ3n) is 3.60. The van der Waals surface area contributed by atoms with Crippen molar-refractivity contribution >= 4 is 33.4 Å². The minimum absolute atomic E-state index is 0.0902. The number of rotatable bonds is 9. The number of hydrogen-bond donors (Lipinski definition) is 1. The highest BCUT2D eigenvalue weighted by Crippen LogP contribution is 2.24. The van der Waals surface area contributed by atoms with Crippen molar-refractivity contribution in [1.29, 1.82) is 0 Å². The van der Waals surface area contributed by atoms with Crippen LogP contribution in [0.3, 0.4) is 0 Å². The van der Waals surface area contributed by atoms with Crippen LogP contribution < -0.4 is 9.62 Å². The van der Waals surface area contributed by atoms with E-state index >= 15 is 0 Å². The van der Waals surface area contributed by atoms with Crippen LogP contribution in [0, 0.1) is 0 Å². The lowest BCUT2D eigenvalue weighted by atomic mass is 10.3. The van der Waals surface area contributed by atoms with Gasteiger partial charge in [-0.1, -0.05) is 18.2 Å². The predicted molar refractivity (Wildman–Crippen MR) is 104 cm³/mol. The molecule has 1 amide bonds. The first-order chi connectivity index (χ1) is 12.4. The van der Waals surface area contributed by atoms with E-state index in [4.69, 9.17) is 4.74 Å². The zero-order valence-corrected chi connectivity index (χ0v) is 16.3. The first-order valence-corrected chi connectivity index (χ1v) is 10.4. The minimum atomic E-state index is -3.62. The van der Waals surface area contributed by atoms with Crippen LogP contribution >= 0.6 is 11.8 Å². The molecule has 0 saturated heterocycles. The second kappa shape index (κ2) is 9.61. The molecule has 0 aliphatic heterocycles. The molecule has 2 rings (SSSR count). The Morgan fingerprint density at radius 1 is 1.12 bits per heavy atom. The standard InChI is InChI=1S/C18H22N2O4S2/c1-20(15-6-4-3-5-7-15)26(22,23)17-10-8-16(9-11-17)25-14-18(21)19-12-13-24-2/h3-11H,12-14H2,1-2H3,(H,19,21). The average molecular weight is 395 g/mol. The van der Waals surface area contributed by atoms with E-state index in [-0.39, 0.29) is 16.6 Å². The number of nitrogens with zero attached hydrogens (tertiary/aromatic N) is 1. The third kappa shape index (κ3) is 5.48. The first-order valence-electron chi connectivity index (χ1n) is 7.97. The van der Waals surface area contributed by atoms with Crippen LogP contribution in [0.2, 0.25) is 0 Å². The number of thioether (sulfide) groups is 1. The largest absolute Gasteiger partial charge is 0.383 e. The molecule has 6 nitrogen and oxygen atoms in total. The van der Waals surface area contributed by atoms with E-state index in [1.807, 2.05) is 6.07 Å². The molecule has 2 aromatic carbocycles. The van der Waals surface area contributed by atoms with Crippen molar-refractivity contribution < 1.29 is 17.9 Å². The molecule has 0 radical (unpaired) electrons. The molecule has 0 unspecified atom stereocenters. The minimum Gasteiger partial charge on any atom is -0.383 e. The summed E-state index contributed by atoms with van der Waals surface area (Å²) >= 11 is 1.35. The summed E-state index contributed by atoms with van der Waals surface area (Å²) in [5, 5.41) is 2.74. The van der Waals surface area contributed by atoms with Gasteiger partial charge in [0.1, 0.15) is 0 Å². The molecular formula is C18H22N2O4S2. The van der Waals surface area contributed by atoms with Crippen molar-refractivity contribution in [3.63, 3.8) is 0 Å². The quantitative estimate of drug-likeness (QED) is 0.522. The number of carbonyl (C=O) groups excluding carboxylic acids is 1. The van der Waals surface area contributed by atoms with Gasteiger partial charge < -0.3 is 10.1 Å². The topological polar surface area (TPSA) is 75.7 Å². The first kappa shape index (κ1) is 20.3. The van der Waals surface area contributed by atoms with Gasteiger partial charge in [0.25, 0.3) is 10.0 Å². The number of anilines is 1. The number of benzene rings is 2. The molecule has 8 heteroatoms. The number of hydrogen-bond acceptors (Lipinski definition) is 5. The zero-order valence-electron chi connectivity index (χ0n) is 14.7. The summed E-state index contributed by atoms with van der Waals surface area (Å²) in [6.45, 7) is 0.941. The fourth-order valence-electron chi connectivity index (χ4n) is 2.14. The summed E-state index contributed by atoms with van der Waals surface area (Å²) in [6.07, 6.45) is 0. The van der Waals surface area contributed by atoms with Crippen molar-refractivity contribution in [2.24, 2.45) is 0 Å². The van der Waals surface area contributed by atoms with E-state index in [2.05, 4.69) is 5.32 Å². The Labute approximate surface area is 158 Å². The molecule has 0 spiro atoms. The summed E-state index contributed by atoms with van der Waals surface area (Å²) in [6, 6.07) is 15.4. The number of ether oxygens (including phenoxy) is 1. The van der Waals surface area contributed by atoms with Crippen molar-refractivity contribution in [2.75, 3.05) is 37.4 Å². The van der Waals surface area contributed by atoms with Crippen LogP contribution in [0.25, 0.3) is 0 Å². The van der Waals surface area contributed by atoms with E-state index in [9.17, 15) is 13.2 Å². The third-order valence-corrected chi connectivity index (χ3v) is 6.41. The average Bonchev–Trinajstić information content (AvgIpc) is 2.67. The lowest BCUT2D eigenvalue weighted by Crippen LogP contribution is -2.28. The molecule has 0 aliphatic carbocycles. The maximum atomic E-state index is 12.7. The van der Waals surface area contributed by atoms with Crippen molar-refractivity contribution in [3.8, 4) is 0 Å². The molecule has 0 saturated carbocycles. The van der Waals surface area contributed by atoms with E-state index in [1.165, 1.54) is 23.1 Å². The number of nitrogens with one attached hydrogen (secondary N) is 1. The van der Waals surface area contributed by atoms with Gasteiger partial charge in [-0.3, -0.25) is 9.10 Å². The van der Waals surface area contributed by atoms with Gasteiger partial charge in [0, 0.05) is 25.6 Å². The summed E-state index contributed by atoms with van der Waals surface area (Å²) in [4.78, 5) is 12.7. The monoisotopic (exact) mass is 394 g/mol. The van der Waals surface area contributed by atoms with E-state index in [0.29, 0.717) is 18.8 Å². The van der Waals surface area contributed by atoms with Crippen LogP contribution in [-0.2, 0) is 19.6 Å². The Hall–Kier alpha value is -2.03. The molecular weight excluding hydrogens is 372 g/mol. The van der Waals surface area contributed by atoms with Gasteiger partial charge in [-0.2, -0.15) is 0 Å². The van der Waals surface area contributed by atoms with Crippen LogP contribution in [0.5, 0.6) is 0 Å². The van der Waals surface area contributed by atoms with E-state index in [0.717, 1.165) is 4.90 Å². The number of methoxy groups -OCH3 is 1. The number of amides is 1. The molecule has 0 aromatic heterocycles. The number of carbonyl (C=O) groups is 1. The van der Waals surface area contributed by atoms with Gasteiger partial charge in [0.15, 0.2) is 0 Å². The molecule has 0 aliphatic rings. The fraction of sp³-hybridized carbons (Fsp3) is 0.278. The van der Waals surface area contributed by atoms with Gasteiger partial charge >= 0.3 is 0 Å². The smallest absolute Gasteiger partial charge is 0.264 e. The Balaban J connectivity index is 1.99. The maximum absolute atomic E-state index is 12.7. The van der Waals surface area contributed by atoms with Gasteiger partial charge in [-0.15, -0.1) is 11.8 Å². The normalized spacial score (nSPS) is 11.2. The molecule has 26 heavy (non-hydrogen) atoms.